The van der Waals surface area contributed by atoms with Gasteiger partial charge in [0.2, 0.25) is 6.41 Å². The summed E-state index contributed by atoms with van der Waals surface area (Å²) < 4.78 is 0. The smallest absolute Gasteiger partial charge is 0.207 e. The van der Waals surface area contributed by atoms with Gasteiger partial charge in [0.15, 0.2) is 0 Å². The second-order valence-corrected chi connectivity index (χ2v) is 6.22. The van der Waals surface area contributed by atoms with E-state index < -0.39 is 0 Å². The molecule has 0 spiro atoms. The van der Waals surface area contributed by atoms with Crippen molar-refractivity contribution < 1.29 is 9.90 Å². The molecule has 0 radical (unpaired) electrons. The summed E-state index contributed by atoms with van der Waals surface area (Å²) in [6.07, 6.45) is 7.59. The zero-order valence-electron chi connectivity index (χ0n) is 14.8. The number of nitrogens with one attached hydrogen (secondary N) is 1. The van der Waals surface area contributed by atoms with Crippen molar-refractivity contribution in [2.45, 2.75) is 98.6 Å². The van der Waals surface area contributed by atoms with Crippen molar-refractivity contribution in [3.8, 4) is 0 Å². The van der Waals surface area contributed by atoms with Crippen LogP contribution in [-0.2, 0) is 4.79 Å². The Bertz CT molecular complexity index is 221. The molecular weight excluding hydrogens is 250 g/mol. The fraction of sp³-hybridized carbons (Fsp3) is 0.941. The van der Waals surface area contributed by atoms with Crippen LogP contribution in [0.4, 0.5) is 0 Å². The van der Waals surface area contributed by atoms with Crippen LogP contribution in [0.2, 0.25) is 0 Å². The summed E-state index contributed by atoms with van der Waals surface area (Å²) in [6.45, 7) is 14.4. The molecule has 1 amide bonds. The largest absolute Gasteiger partial charge is 0.390 e. The van der Waals surface area contributed by atoms with E-state index in [2.05, 4.69) is 19.2 Å². The SMILES string of the molecule is CC.CC.CC1(C)CCC(NC=O)CC1.CC1(O)CC1. The molecule has 20 heavy (non-hydrogen) atoms. The van der Waals surface area contributed by atoms with Gasteiger partial charge >= 0.3 is 0 Å². The summed E-state index contributed by atoms with van der Waals surface area (Å²) in [5.41, 5.74) is 0.251. The van der Waals surface area contributed by atoms with Gasteiger partial charge < -0.3 is 10.4 Å². The predicted molar refractivity (Wildman–Crippen MR) is 87.8 cm³/mol. The molecule has 0 unspecified atom stereocenters. The Kier molecular flexibility index (Phi) is 12.1. The van der Waals surface area contributed by atoms with Gasteiger partial charge in [0.05, 0.1) is 5.60 Å². The number of rotatable bonds is 2. The van der Waals surface area contributed by atoms with Gasteiger partial charge in [-0.3, -0.25) is 4.79 Å². The average molecular weight is 287 g/mol. The minimum Gasteiger partial charge on any atom is -0.390 e. The van der Waals surface area contributed by atoms with Gasteiger partial charge in [0.25, 0.3) is 0 Å². The number of hydrogen-bond acceptors (Lipinski definition) is 2. The molecule has 0 aliphatic heterocycles. The van der Waals surface area contributed by atoms with Crippen molar-refractivity contribution in [3.63, 3.8) is 0 Å². The second kappa shape index (κ2) is 11.1. The Balaban J connectivity index is 0. The van der Waals surface area contributed by atoms with Crippen LogP contribution in [0.5, 0.6) is 0 Å². The van der Waals surface area contributed by atoms with Crippen LogP contribution in [-0.4, -0.2) is 23.2 Å². The van der Waals surface area contributed by atoms with Crippen molar-refractivity contribution in [2.24, 2.45) is 5.41 Å². The lowest BCUT2D eigenvalue weighted by Gasteiger charge is -2.33. The van der Waals surface area contributed by atoms with E-state index in [1.165, 1.54) is 12.8 Å². The maximum Gasteiger partial charge on any atom is 0.207 e. The Morgan fingerprint density at radius 2 is 1.30 bits per heavy atom. The quantitative estimate of drug-likeness (QED) is 0.745. The second-order valence-electron chi connectivity index (χ2n) is 6.22. The fourth-order valence-corrected chi connectivity index (χ4v) is 1.84. The molecule has 2 saturated carbocycles. The highest BCUT2D eigenvalue weighted by molar-refractivity contribution is 5.46. The van der Waals surface area contributed by atoms with E-state index in [0.717, 1.165) is 32.1 Å². The van der Waals surface area contributed by atoms with E-state index in [4.69, 9.17) is 5.11 Å². The molecule has 2 aliphatic carbocycles. The standard InChI is InChI=1S/C9H17NO.C4H8O.2C2H6/c1-9(2)5-3-8(4-6-9)10-7-11;1-4(5)2-3-4;2*1-2/h7-8H,3-6H2,1-2H3,(H,10,11);5H,2-3H2,1H3;2*1-2H3. The highest BCUT2D eigenvalue weighted by Crippen LogP contribution is 2.34. The summed E-state index contributed by atoms with van der Waals surface area (Å²) in [5.74, 6) is 0. The van der Waals surface area contributed by atoms with Gasteiger partial charge in [-0.2, -0.15) is 0 Å². The number of amides is 1. The van der Waals surface area contributed by atoms with Gasteiger partial charge in [-0.05, 0) is 50.9 Å². The van der Waals surface area contributed by atoms with Crippen LogP contribution in [0.1, 0.15) is 87.0 Å². The molecular formula is C17H37NO2. The first-order valence-corrected chi connectivity index (χ1v) is 8.27. The highest BCUT2D eigenvalue weighted by atomic mass is 16.3. The average Bonchev–Trinajstić information content (AvgIpc) is 3.13. The predicted octanol–water partition coefficient (Wildman–Crippen LogP) is 4.28. The van der Waals surface area contributed by atoms with Crippen LogP contribution in [0.25, 0.3) is 0 Å². The normalized spacial score (nSPS) is 21.6. The van der Waals surface area contributed by atoms with E-state index in [9.17, 15) is 4.79 Å². The van der Waals surface area contributed by atoms with E-state index in [1.54, 1.807) is 0 Å². The molecule has 3 nitrogen and oxygen atoms in total. The molecule has 3 heteroatoms. The molecule has 122 valence electrons. The first-order valence-electron chi connectivity index (χ1n) is 8.27. The number of aliphatic hydroxyl groups is 1. The van der Waals surface area contributed by atoms with Crippen molar-refractivity contribution in [2.75, 3.05) is 0 Å². The van der Waals surface area contributed by atoms with Crippen LogP contribution in [0.3, 0.4) is 0 Å². The number of carbonyl (C=O) groups is 1. The van der Waals surface area contributed by atoms with Gasteiger partial charge in [-0.1, -0.05) is 41.5 Å². The van der Waals surface area contributed by atoms with Gasteiger partial charge in [-0.15, -0.1) is 0 Å². The molecule has 2 rings (SSSR count). The Morgan fingerprint density at radius 3 is 1.55 bits per heavy atom. The highest BCUT2D eigenvalue weighted by Gasteiger charge is 2.33. The lowest BCUT2D eigenvalue weighted by molar-refractivity contribution is -0.110. The third kappa shape index (κ3) is 12.5. The van der Waals surface area contributed by atoms with Crippen molar-refractivity contribution >= 4 is 6.41 Å². The maximum atomic E-state index is 10.1. The van der Waals surface area contributed by atoms with Crippen molar-refractivity contribution in [1.82, 2.24) is 5.32 Å². The molecule has 0 aromatic rings. The molecule has 2 aliphatic rings. The number of hydrogen-bond donors (Lipinski definition) is 2. The molecule has 2 fully saturated rings. The van der Waals surface area contributed by atoms with Crippen LogP contribution >= 0.6 is 0 Å². The molecule has 0 bridgehead atoms. The first kappa shape index (κ1) is 21.7. The maximum absolute atomic E-state index is 10.1. The van der Waals surface area contributed by atoms with Gasteiger partial charge in [0, 0.05) is 6.04 Å². The molecule has 0 atom stereocenters. The molecule has 0 heterocycles. The monoisotopic (exact) mass is 287 g/mol. The van der Waals surface area contributed by atoms with E-state index in [0.29, 0.717) is 11.5 Å². The van der Waals surface area contributed by atoms with Gasteiger partial charge in [0.1, 0.15) is 0 Å². The number of carbonyl (C=O) groups excluding carboxylic acids is 1. The van der Waals surface area contributed by atoms with E-state index in [-0.39, 0.29) is 5.60 Å². The lowest BCUT2D eigenvalue weighted by Crippen LogP contribution is -2.34. The fourth-order valence-electron chi connectivity index (χ4n) is 1.84. The van der Waals surface area contributed by atoms with Gasteiger partial charge in [-0.25, -0.2) is 0 Å². The zero-order chi connectivity index (χ0) is 16.2. The zero-order valence-corrected chi connectivity index (χ0v) is 14.8. The molecule has 0 saturated heterocycles. The van der Waals surface area contributed by atoms with Crippen molar-refractivity contribution in [1.29, 1.82) is 0 Å². The summed E-state index contributed by atoms with van der Waals surface area (Å²) >= 11 is 0. The summed E-state index contributed by atoms with van der Waals surface area (Å²) in [6, 6.07) is 0.445. The Morgan fingerprint density at radius 1 is 0.950 bits per heavy atom. The third-order valence-corrected chi connectivity index (χ3v) is 3.62. The minimum atomic E-state index is -0.250. The molecule has 0 aromatic carbocycles. The molecule has 2 N–H and O–H groups in total. The summed E-state index contributed by atoms with van der Waals surface area (Å²) in [4.78, 5) is 10.1. The lowest BCUT2D eigenvalue weighted by atomic mass is 9.76. The summed E-state index contributed by atoms with van der Waals surface area (Å²) in [5, 5.41) is 11.5. The van der Waals surface area contributed by atoms with Crippen LogP contribution in [0.15, 0.2) is 0 Å². The minimum absolute atomic E-state index is 0.250. The van der Waals surface area contributed by atoms with Crippen LogP contribution < -0.4 is 5.32 Å². The third-order valence-electron chi connectivity index (χ3n) is 3.62. The topological polar surface area (TPSA) is 49.3 Å². The van der Waals surface area contributed by atoms with Crippen molar-refractivity contribution in [3.05, 3.63) is 0 Å². The Labute approximate surface area is 126 Å². The Hall–Kier alpha value is -0.570. The first-order chi connectivity index (χ1) is 9.35. The summed E-state index contributed by atoms with van der Waals surface area (Å²) in [7, 11) is 0. The van der Waals surface area contributed by atoms with E-state index >= 15 is 0 Å². The molecule has 0 aromatic heterocycles. The van der Waals surface area contributed by atoms with Crippen LogP contribution in [0, 0.1) is 5.41 Å². The van der Waals surface area contributed by atoms with E-state index in [1.807, 2.05) is 34.6 Å².